The minimum atomic E-state index is -2.97. The van der Waals surface area contributed by atoms with Crippen LogP contribution in [0, 0.1) is 5.92 Å². The molecule has 0 aromatic heterocycles. The fourth-order valence-electron chi connectivity index (χ4n) is 3.21. The van der Waals surface area contributed by atoms with E-state index in [1.54, 1.807) is 0 Å². The van der Waals surface area contributed by atoms with Crippen LogP contribution in [0.15, 0.2) is 0 Å². The summed E-state index contributed by atoms with van der Waals surface area (Å²) in [6, 6.07) is -0.155. The van der Waals surface area contributed by atoms with Gasteiger partial charge in [-0.2, -0.15) is 0 Å². The lowest BCUT2D eigenvalue weighted by atomic mass is 9.99. The maximum Gasteiger partial charge on any atom is 0.244 e. The van der Waals surface area contributed by atoms with Gasteiger partial charge < -0.3 is 4.90 Å². The van der Waals surface area contributed by atoms with Gasteiger partial charge in [-0.05, 0) is 32.1 Å². The highest BCUT2D eigenvalue weighted by Crippen LogP contribution is 2.32. The van der Waals surface area contributed by atoms with Crippen molar-refractivity contribution in [2.24, 2.45) is 5.92 Å². The van der Waals surface area contributed by atoms with Crippen molar-refractivity contribution in [2.45, 2.75) is 64.7 Å². The van der Waals surface area contributed by atoms with Gasteiger partial charge in [0.15, 0.2) is 9.84 Å². The summed E-state index contributed by atoms with van der Waals surface area (Å²) >= 11 is 0. The highest BCUT2D eigenvalue weighted by molar-refractivity contribution is 7.91. The van der Waals surface area contributed by atoms with Crippen LogP contribution < -0.4 is 5.32 Å². The first kappa shape index (κ1) is 15.8. The van der Waals surface area contributed by atoms with Crippen molar-refractivity contribution in [1.82, 2.24) is 10.2 Å². The molecule has 0 aromatic carbocycles. The molecule has 1 amide bonds. The normalized spacial score (nSPS) is 37.0. The summed E-state index contributed by atoms with van der Waals surface area (Å²) in [7, 11) is -2.97. The average molecular weight is 302 g/mol. The first-order valence-electron chi connectivity index (χ1n) is 7.49. The largest absolute Gasteiger partial charge is 0.321 e. The van der Waals surface area contributed by atoms with Gasteiger partial charge in [0.2, 0.25) is 5.91 Å². The molecule has 2 saturated heterocycles. The van der Waals surface area contributed by atoms with Gasteiger partial charge in [0, 0.05) is 6.04 Å². The molecular weight excluding hydrogens is 276 g/mol. The monoisotopic (exact) mass is 302 g/mol. The van der Waals surface area contributed by atoms with E-state index in [2.05, 4.69) is 19.2 Å². The van der Waals surface area contributed by atoms with Crippen molar-refractivity contribution >= 4 is 15.7 Å². The second-order valence-electron chi connectivity index (χ2n) is 6.74. The Bertz CT molecular complexity index is 489. The molecule has 0 aliphatic carbocycles. The van der Waals surface area contributed by atoms with Gasteiger partial charge in [-0.1, -0.05) is 20.8 Å². The van der Waals surface area contributed by atoms with Crippen LogP contribution in [0.25, 0.3) is 0 Å². The van der Waals surface area contributed by atoms with E-state index in [1.807, 2.05) is 18.7 Å². The minimum Gasteiger partial charge on any atom is -0.321 e. The van der Waals surface area contributed by atoms with Crippen molar-refractivity contribution in [3.63, 3.8) is 0 Å². The van der Waals surface area contributed by atoms with Crippen LogP contribution in [0.5, 0.6) is 0 Å². The Hall–Kier alpha value is -0.620. The molecule has 0 spiro atoms. The van der Waals surface area contributed by atoms with Gasteiger partial charge in [-0.15, -0.1) is 0 Å². The lowest BCUT2D eigenvalue weighted by molar-refractivity contribution is -0.134. The molecule has 0 aromatic rings. The molecule has 6 heteroatoms. The maximum atomic E-state index is 12.7. The number of sulfone groups is 1. The first-order chi connectivity index (χ1) is 9.18. The van der Waals surface area contributed by atoms with E-state index in [1.165, 1.54) is 0 Å². The maximum absolute atomic E-state index is 12.7. The van der Waals surface area contributed by atoms with Crippen LogP contribution >= 0.6 is 0 Å². The van der Waals surface area contributed by atoms with Crippen LogP contribution in [0.2, 0.25) is 0 Å². The van der Waals surface area contributed by atoms with E-state index in [-0.39, 0.29) is 29.6 Å². The number of amides is 1. The quantitative estimate of drug-likeness (QED) is 0.846. The number of rotatable bonds is 4. The third-order valence-electron chi connectivity index (χ3n) is 4.53. The van der Waals surface area contributed by atoms with Crippen molar-refractivity contribution in [1.29, 1.82) is 0 Å². The van der Waals surface area contributed by atoms with E-state index < -0.39 is 15.4 Å². The molecule has 0 radical (unpaired) electrons. The lowest BCUT2D eigenvalue weighted by Gasteiger charge is -2.30. The van der Waals surface area contributed by atoms with Gasteiger partial charge >= 0.3 is 0 Å². The predicted octanol–water partition coefficient (Wildman–Crippen LogP) is 1.15. The Labute approximate surface area is 122 Å². The van der Waals surface area contributed by atoms with E-state index >= 15 is 0 Å². The molecular formula is C14H26N2O3S. The fraction of sp³-hybridized carbons (Fsp3) is 0.929. The standard InChI is InChI=1S/C14H26N2O3S/c1-5-14(4)13(17)16(12(15-14)8-10(2)3)11-6-7-20(18,19)9-11/h10-12,15H,5-9H2,1-4H3. The summed E-state index contributed by atoms with van der Waals surface area (Å²) in [5.41, 5.74) is -0.550. The van der Waals surface area contributed by atoms with Gasteiger partial charge in [-0.3, -0.25) is 10.1 Å². The van der Waals surface area contributed by atoms with Crippen LogP contribution in [0.3, 0.4) is 0 Å². The van der Waals surface area contributed by atoms with Crippen molar-refractivity contribution in [3.05, 3.63) is 0 Å². The first-order valence-corrected chi connectivity index (χ1v) is 9.31. The Balaban J connectivity index is 2.24. The Morgan fingerprint density at radius 2 is 2.10 bits per heavy atom. The van der Waals surface area contributed by atoms with Gasteiger partial charge in [-0.25, -0.2) is 8.42 Å². The van der Waals surface area contributed by atoms with E-state index in [9.17, 15) is 13.2 Å². The van der Waals surface area contributed by atoms with E-state index in [0.29, 0.717) is 12.3 Å². The van der Waals surface area contributed by atoms with Crippen LogP contribution in [-0.2, 0) is 14.6 Å². The van der Waals surface area contributed by atoms with E-state index in [0.717, 1.165) is 12.8 Å². The summed E-state index contributed by atoms with van der Waals surface area (Å²) in [5.74, 6) is 0.848. The highest BCUT2D eigenvalue weighted by Gasteiger charge is 2.50. The molecule has 0 saturated carbocycles. The molecule has 2 heterocycles. The van der Waals surface area contributed by atoms with E-state index in [4.69, 9.17) is 0 Å². The number of carbonyl (C=O) groups is 1. The fourth-order valence-corrected chi connectivity index (χ4v) is 4.92. The SMILES string of the molecule is CCC1(C)NC(CC(C)C)N(C2CCS(=O)(=O)C2)C1=O. The molecule has 2 rings (SSSR count). The number of nitrogens with one attached hydrogen (secondary N) is 1. The summed E-state index contributed by atoms with van der Waals surface area (Å²) in [6.07, 6.45) is 2.11. The minimum absolute atomic E-state index is 0.0363. The number of hydrogen-bond acceptors (Lipinski definition) is 4. The van der Waals surface area contributed by atoms with Gasteiger partial charge in [0.25, 0.3) is 0 Å². The smallest absolute Gasteiger partial charge is 0.244 e. The summed E-state index contributed by atoms with van der Waals surface area (Å²) < 4.78 is 23.4. The van der Waals surface area contributed by atoms with Crippen molar-refractivity contribution in [2.75, 3.05) is 11.5 Å². The zero-order valence-electron chi connectivity index (χ0n) is 12.8. The molecule has 20 heavy (non-hydrogen) atoms. The zero-order chi connectivity index (χ0) is 15.1. The lowest BCUT2D eigenvalue weighted by Crippen LogP contribution is -2.46. The number of nitrogens with zero attached hydrogens (tertiary/aromatic N) is 1. The van der Waals surface area contributed by atoms with Crippen molar-refractivity contribution in [3.8, 4) is 0 Å². The van der Waals surface area contributed by atoms with Crippen molar-refractivity contribution < 1.29 is 13.2 Å². The summed E-state index contributed by atoms with van der Waals surface area (Å²) in [4.78, 5) is 14.5. The molecule has 2 aliphatic heterocycles. The third kappa shape index (κ3) is 2.86. The average Bonchev–Trinajstić information content (AvgIpc) is 2.78. The number of carbonyl (C=O) groups excluding carboxylic acids is 1. The van der Waals surface area contributed by atoms with Crippen LogP contribution in [-0.4, -0.2) is 48.5 Å². The highest BCUT2D eigenvalue weighted by atomic mass is 32.2. The van der Waals surface area contributed by atoms with Crippen LogP contribution in [0.4, 0.5) is 0 Å². The molecule has 2 fully saturated rings. The molecule has 3 atom stereocenters. The second-order valence-corrected chi connectivity index (χ2v) is 8.97. The van der Waals surface area contributed by atoms with Crippen LogP contribution in [0.1, 0.15) is 47.0 Å². The molecule has 0 bridgehead atoms. The molecule has 116 valence electrons. The molecule has 1 N–H and O–H groups in total. The Kier molecular flexibility index (Phi) is 4.17. The zero-order valence-corrected chi connectivity index (χ0v) is 13.7. The summed E-state index contributed by atoms with van der Waals surface area (Å²) in [6.45, 7) is 8.16. The summed E-state index contributed by atoms with van der Waals surface area (Å²) in [5, 5.41) is 3.43. The number of hydrogen-bond donors (Lipinski definition) is 1. The van der Waals surface area contributed by atoms with Gasteiger partial charge in [0.05, 0.1) is 23.2 Å². The second kappa shape index (κ2) is 5.30. The van der Waals surface area contributed by atoms with Gasteiger partial charge in [0.1, 0.15) is 0 Å². The molecule has 3 unspecified atom stereocenters. The topological polar surface area (TPSA) is 66.5 Å². The third-order valence-corrected chi connectivity index (χ3v) is 6.28. The predicted molar refractivity (Wildman–Crippen MR) is 79.0 cm³/mol. The Morgan fingerprint density at radius 3 is 2.55 bits per heavy atom. The molecule has 2 aliphatic rings. The molecule has 5 nitrogen and oxygen atoms in total. The Morgan fingerprint density at radius 1 is 1.45 bits per heavy atom.